The van der Waals surface area contributed by atoms with Crippen molar-refractivity contribution < 1.29 is 9.53 Å². The van der Waals surface area contributed by atoms with Crippen LogP contribution in [-0.4, -0.2) is 30.7 Å². The van der Waals surface area contributed by atoms with Crippen LogP contribution in [0.15, 0.2) is 41.0 Å². The first-order valence-electron chi connectivity index (χ1n) is 5.35. The van der Waals surface area contributed by atoms with E-state index in [0.29, 0.717) is 19.7 Å². The van der Waals surface area contributed by atoms with Gasteiger partial charge in [0, 0.05) is 22.9 Å². The van der Waals surface area contributed by atoms with Crippen molar-refractivity contribution in [2.45, 2.75) is 0 Å². The highest BCUT2D eigenvalue weighted by Gasteiger charge is 2.18. The average Bonchev–Trinajstić information content (AvgIpc) is 2.73. The maximum Gasteiger partial charge on any atom is 0.413 e. The SMILES string of the molecule is O=C1OCCN1/C=C/CNc1ccc(Br)cc1. The monoisotopic (exact) mass is 296 g/mol. The van der Waals surface area contributed by atoms with Crippen molar-refractivity contribution in [1.82, 2.24) is 4.90 Å². The number of carbonyl (C=O) groups is 1. The van der Waals surface area contributed by atoms with Gasteiger partial charge in [0.2, 0.25) is 0 Å². The second-order valence-electron chi connectivity index (χ2n) is 3.58. The molecule has 1 aliphatic rings. The van der Waals surface area contributed by atoms with Crippen molar-refractivity contribution in [3.8, 4) is 0 Å². The molecule has 1 fully saturated rings. The average molecular weight is 297 g/mol. The van der Waals surface area contributed by atoms with E-state index >= 15 is 0 Å². The highest BCUT2D eigenvalue weighted by molar-refractivity contribution is 9.10. The number of ether oxygens (including phenoxy) is 1. The fourth-order valence-corrected chi connectivity index (χ4v) is 1.73. The number of benzene rings is 1. The van der Waals surface area contributed by atoms with Crippen molar-refractivity contribution in [1.29, 1.82) is 0 Å². The molecule has 1 aromatic rings. The third-order valence-electron chi connectivity index (χ3n) is 2.35. The minimum atomic E-state index is -0.273. The minimum absolute atomic E-state index is 0.273. The number of amides is 1. The molecule has 0 aromatic heterocycles. The number of nitrogens with one attached hydrogen (secondary N) is 1. The molecule has 0 saturated carbocycles. The second kappa shape index (κ2) is 5.72. The maximum atomic E-state index is 11.1. The molecule has 1 heterocycles. The van der Waals surface area contributed by atoms with Crippen LogP contribution in [0.1, 0.15) is 0 Å². The molecule has 1 amide bonds. The molecule has 0 unspecified atom stereocenters. The van der Waals surface area contributed by atoms with Gasteiger partial charge in [-0.2, -0.15) is 0 Å². The van der Waals surface area contributed by atoms with Gasteiger partial charge >= 0.3 is 6.09 Å². The molecule has 2 rings (SSSR count). The third kappa shape index (κ3) is 3.49. The number of cyclic esters (lactones) is 1. The zero-order chi connectivity index (χ0) is 12.1. The predicted molar refractivity (Wildman–Crippen MR) is 69.8 cm³/mol. The lowest BCUT2D eigenvalue weighted by molar-refractivity contribution is 0.166. The van der Waals surface area contributed by atoms with Crippen molar-refractivity contribution in [3.05, 3.63) is 41.0 Å². The molecule has 17 heavy (non-hydrogen) atoms. The van der Waals surface area contributed by atoms with E-state index in [2.05, 4.69) is 21.2 Å². The molecule has 1 saturated heterocycles. The van der Waals surface area contributed by atoms with Crippen LogP contribution in [0.4, 0.5) is 10.5 Å². The molecular formula is C12H13BrN2O2. The predicted octanol–water partition coefficient (Wildman–Crippen LogP) is 2.83. The number of carbonyl (C=O) groups excluding carboxylic acids is 1. The summed E-state index contributed by atoms with van der Waals surface area (Å²) in [6.07, 6.45) is 3.38. The molecule has 0 bridgehead atoms. The van der Waals surface area contributed by atoms with Gasteiger partial charge < -0.3 is 10.1 Å². The second-order valence-corrected chi connectivity index (χ2v) is 4.50. The van der Waals surface area contributed by atoms with Gasteiger partial charge in [0.15, 0.2) is 0 Å². The summed E-state index contributed by atoms with van der Waals surface area (Å²) in [5.41, 5.74) is 1.04. The summed E-state index contributed by atoms with van der Waals surface area (Å²) < 4.78 is 5.86. The lowest BCUT2D eigenvalue weighted by Gasteiger charge is -2.06. The number of anilines is 1. The topological polar surface area (TPSA) is 41.6 Å². The lowest BCUT2D eigenvalue weighted by Crippen LogP contribution is -2.17. The van der Waals surface area contributed by atoms with Crippen LogP contribution < -0.4 is 5.32 Å². The summed E-state index contributed by atoms with van der Waals surface area (Å²) >= 11 is 3.38. The highest BCUT2D eigenvalue weighted by atomic mass is 79.9. The molecule has 4 nitrogen and oxygen atoms in total. The molecule has 1 aromatic carbocycles. The number of nitrogens with zero attached hydrogens (tertiary/aromatic N) is 1. The highest BCUT2D eigenvalue weighted by Crippen LogP contribution is 2.13. The van der Waals surface area contributed by atoms with Crippen LogP contribution in [0, 0.1) is 0 Å². The zero-order valence-corrected chi connectivity index (χ0v) is 10.8. The summed E-state index contributed by atoms with van der Waals surface area (Å²) in [4.78, 5) is 12.7. The van der Waals surface area contributed by atoms with Crippen LogP contribution in [-0.2, 0) is 4.74 Å². The fourth-order valence-electron chi connectivity index (χ4n) is 1.47. The van der Waals surface area contributed by atoms with Crippen molar-refractivity contribution in [2.24, 2.45) is 0 Å². The molecule has 0 aliphatic carbocycles. The van der Waals surface area contributed by atoms with E-state index in [4.69, 9.17) is 4.74 Å². The van der Waals surface area contributed by atoms with Crippen LogP contribution in [0.25, 0.3) is 0 Å². The Labute approximate surface area is 108 Å². The molecule has 5 heteroatoms. The van der Waals surface area contributed by atoms with E-state index in [-0.39, 0.29) is 6.09 Å². The van der Waals surface area contributed by atoms with E-state index in [0.717, 1.165) is 10.2 Å². The van der Waals surface area contributed by atoms with Crippen LogP contribution in [0.2, 0.25) is 0 Å². The summed E-state index contributed by atoms with van der Waals surface area (Å²) in [7, 11) is 0. The van der Waals surface area contributed by atoms with Crippen LogP contribution in [0.3, 0.4) is 0 Å². The smallest absolute Gasteiger partial charge is 0.413 e. The molecule has 1 N–H and O–H groups in total. The summed E-state index contributed by atoms with van der Waals surface area (Å²) in [6, 6.07) is 7.93. The summed E-state index contributed by atoms with van der Waals surface area (Å²) in [6.45, 7) is 1.78. The van der Waals surface area contributed by atoms with E-state index in [1.54, 1.807) is 11.1 Å². The zero-order valence-electron chi connectivity index (χ0n) is 9.23. The first-order chi connectivity index (χ1) is 8.25. The van der Waals surface area contributed by atoms with Crippen molar-refractivity contribution >= 4 is 27.7 Å². The first-order valence-corrected chi connectivity index (χ1v) is 6.14. The van der Waals surface area contributed by atoms with E-state index in [9.17, 15) is 4.79 Å². The molecule has 90 valence electrons. The first kappa shape index (κ1) is 12.0. The molecule has 0 spiro atoms. The van der Waals surface area contributed by atoms with E-state index in [1.807, 2.05) is 30.3 Å². The van der Waals surface area contributed by atoms with E-state index in [1.165, 1.54) is 0 Å². The maximum absolute atomic E-state index is 11.1. The quantitative estimate of drug-likeness (QED) is 0.929. The van der Waals surface area contributed by atoms with Crippen LogP contribution >= 0.6 is 15.9 Å². The molecule has 0 radical (unpaired) electrons. The third-order valence-corrected chi connectivity index (χ3v) is 2.87. The summed E-state index contributed by atoms with van der Waals surface area (Å²) in [5.74, 6) is 0. The Bertz CT molecular complexity index is 417. The Balaban J connectivity index is 1.77. The standard InChI is InChI=1S/C12H13BrN2O2/c13-10-2-4-11(5-3-10)14-6-1-7-15-8-9-17-12(15)16/h1-5,7,14H,6,8-9H2/b7-1+. The van der Waals surface area contributed by atoms with Crippen LogP contribution in [0.5, 0.6) is 0 Å². The van der Waals surface area contributed by atoms with Gasteiger partial charge in [0.1, 0.15) is 6.61 Å². The Morgan fingerprint density at radius 2 is 2.18 bits per heavy atom. The molecule has 1 aliphatic heterocycles. The van der Waals surface area contributed by atoms with Gasteiger partial charge in [-0.05, 0) is 30.3 Å². The number of hydrogen-bond acceptors (Lipinski definition) is 3. The number of hydrogen-bond donors (Lipinski definition) is 1. The summed E-state index contributed by atoms with van der Waals surface area (Å²) in [5, 5.41) is 3.22. The van der Waals surface area contributed by atoms with Gasteiger partial charge in [-0.25, -0.2) is 4.79 Å². The van der Waals surface area contributed by atoms with Gasteiger partial charge in [-0.1, -0.05) is 15.9 Å². The number of halogens is 1. The molecular weight excluding hydrogens is 284 g/mol. The van der Waals surface area contributed by atoms with Gasteiger partial charge in [0.05, 0.1) is 6.54 Å². The minimum Gasteiger partial charge on any atom is -0.447 e. The Kier molecular flexibility index (Phi) is 4.03. The van der Waals surface area contributed by atoms with E-state index < -0.39 is 0 Å². The Morgan fingerprint density at radius 1 is 1.41 bits per heavy atom. The largest absolute Gasteiger partial charge is 0.447 e. The van der Waals surface area contributed by atoms with Gasteiger partial charge in [-0.15, -0.1) is 0 Å². The lowest BCUT2D eigenvalue weighted by atomic mass is 10.3. The fraction of sp³-hybridized carbons (Fsp3) is 0.250. The normalized spacial score (nSPS) is 15.4. The van der Waals surface area contributed by atoms with Crippen molar-refractivity contribution in [3.63, 3.8) is 0 Å². The Morgan fingerprint density at radius 3 is 2.82 bits per heavy atom. The number of rotatable bonds is 4. The van der Waals surface area contributed by atoms with Gasteiger partial charge in [0.25, 0.3) is 0 Å². The Hall–Kier alpha value is -1.49. The molecule has 0 atom stereocenters. The van der Waals surface area contributed by atoms with Crippen molar-refractivity contribution in [2.75, 3.05) is 25.0 Å². The van der Waals surface area contributed by atoms with Gasteiger partial charge in [-0.3, -0.25) is 4.90 Å².